The Balaban J connectivity index is 1.65. The van der Waals surface area contributed by atoms with Gasteiger partial charge in [0, 0.05) is 17.5 Å². The number of anilines is 1. The third-order valence-electron chi connectivity index (χ3n) is 3.23. The summed E-state index contributed by atoms with van der Waals surface area (Å²) in [6.45, 7) is 1.38. The van der Waals surface area contributed by atoms with Crippen LogP contribution in [-0.4, -0.2) is 22.1 Å². The maximum atomic E-state index is 12.3. The maximum absolute atomic E-state index is 12.3. The third kappa shape index (κ3) is 5.89. The molecule has 0 saturated heterocycles. The predicted octanol–water partition coefficient (Wildman–Crippen LogP) is 4.38. The molecule has 0 atom stereocenters. The van der Waals surface area contributed by atoms with E-state index in [0.29, 0.717) is 25.5 Å². The summed E-state index contributed by atoms with van der Waals surface area (Å²) in [5.74, 6) is -0.599. The molecule has 0 saturated carbocycles. The van der Waals surface area contributed by atoms with Gasteiger partial charge in [-0.25, -0.2) is 4.79 Å². The van der Waals surface area contributed by atoms with Crippen molar-refractivity contribution in [3.8, 4) is 5.75 Å². The lowest BCUT2D eigenvalue weighted by Gasteiger charge is -2.06. The number of aromatic nitrogens is 2. The Morgan fingerprint density at radius 1 is 1.34 bits per heavy atom. The Morgan fingerprint density at radius 3 is 2.86 bits per heavy atom. The van der Waals surface area contributed by atoms with Crippen molar-refractivity contribution in [1.29, 1.82) is 0 Å². The number of hydrogen-bond donors (Lipinski definition) is 1. The minimum Gasteiger partial charge on any atom is -0.464 e. The number of benzene rings is 1. The van der Waals surface area contributed by atoms with Crippen LogP contribution in [0.4, 0.5) is 5.13 Å². The fourth-order valence-corrected chi connectivity index (χ4v) is 4.24. The van der Waals surface area contributed by atoms with E-state index in [1.165, 1.54) is 48.2 Å². The monoisotopic (exact) mass is 515 g/mol. The van der Waals surface area contributed by atoms with Crippen molar-refractivity contribution in [2.24, 2.45) is 0 Å². The van der Waals surface area contributed by atoms with E-state index < -0.39 is 11.4 Å². The first-order valence-corrected chi connectivity index (χ1v) is 10.8. The highest BCUT2D eigenvalue weighted by atomic mass is 79.9. The molecule has 3 aromatic rings. The van der Waals surface area contributed by atoms with Gasteiger partial charge in [-0.1, -0.05) is 50.6 Å². The van der Waals surface area contributed by atoms with Gasteiger partial charge in [-0.15, -0.1) is 10.2 Å². The second-order valence-corrected chi connectivity index (χ2v) is 8.95. The first kappa shape index (κ1) is 21.5. The van der Waals surface area contributed by atoms with E-state index in [4.69, 9.17) is 20.8 Å². The molecule has 0 bridgehead atoms. The van der Waals surface area contributed by atoms with Crippen LogP contribution in [0.15, 0.2) is 48.6 Å². The standard InChI is InChI=1S/C17H11BrClN3O5S2/c1-8(23)20-16-21-22-17(29-16)28-7-10-5-13(24)14(6-26-10)27-15(25)11-4-9(18)2-3-12(11)19/h2-6H,7H2,1H3,(H,20,21,23). The average molecular weight is 517 g/mol. The number of nitrogens with zero attached hydrogens (tertiary/aromatic N) is 2. The highest BCUT2D eigenvalue weighted by Crippen LogP contribution is 2.28. The predicted molar refractivity (Wildman–Crippen MR) is 113 cm³/mol. The molecule has 12 heteroatoms. The van der Waals surface area contributed by atoms with Crippen LogP contribution >= 0.6 is 50.6 Å². The molecule has 1 amide bonds. The van der Waals surface area contributed by atoms with Crippen LogP contribution in [0.3, 0.4) is 0 Å². The zero-order valence-electron chi connectivity index (χ0n) is 14.6. The summed E-state index contributed by atoms with van der Waals surface area (Å²) >= 11 is 11.7. The summed E-state index contributed by atoms with van der Waals surface area (Å²) in [5, 5.41) is 10.9. The van der Waals surface area contributed by atoms with Crippen LogP contribution in [0.25, 0.3) is 0 Å². The molecule has 0 aliphatic carbocycles. The fraction of sp³-hybridized carbons (Fsp3) is 0.118. The summed E-state index contributed by atoms with van der Waals surface area (Å²) in [7, 11) is 0. The number of thioether (sulfide) groups is 1. The summed E-state index contributed by atoms with van der Waals surface area (Å²) < 4.78 is 11.7. The Hall–Kier alpha value is -2.21. The molecule has 29 heavy (non-hydrogen) atoms. The molecular weight excluding hydrogens is 506 g/mol. The SMILES string of the molecule is CC(=O)Nc1nnc(SCc2cc(=O)c(OC(=O)c3cc(Br)ccc3Cl)co2)s1. The molecule has 1 N–H and O–H groups in total. The molecule has 0 fully saturated rings. The highest BCUT2D eigenvalue weighted by molar-refractivity contribution is 9.10. The van der Waals surface area contributed by atoms with Gasteiger partial charge in [-0.2, -0.15) is 0 Å². The lowest BCUT2D eigenvalue weighted by molar-refractivity contribution is -0.114. The molecule has 150 valence electrons. The highest BCUT2D eigenvalue weighted by Gasteiger charge is 2.16. The molecule has 0 aliphatic rings. The first-order valence-electron chi connectivity index (χ1n) is 7.84. The summed E-state index contributed by atoms with van der Waals surface area (Å²) in [4.78, 5) is 35.5. The molecule has 0 spiro atoms. The fourth-order valence-electron chi connectivity index (χ4n) is 2.00. The summed E-state index contributed by atoms with van der Waals surface area (Å²) in [5.41, 5.74) is -0.395. The second kappa shape index (κ2) is 9.53. The van der Waals surface area contributed by atoms with Crippen molar-refractivity contribution in [3.63, 3.8) is 0 Å². The van der Waals surface area contributed by atoms with Crippen LogP contribution in [0.1, 0.15) is 23.0 Å². The number of amides is 1. The van der Waals surface area contributed by atoms with E-state index in [-0.39, 0.29) is 22.2 Å². The zero-order valence-corrected chi connectivity index (χ0v) is 18.6. The van der Waals surface area contributed by atoms with Gasteiger partial charge in [-0.3, -0.25) is 9.59 Å². The minimum absolute atomic E-state index is 0.117. The molecule has 0 unspecified atom stereocenters. The Morgan fingerprint density at radius 2 is 2.14 bits per heavy atom. The summed E-state index contributed by atoms with van der Waals surface area (Å²) in [6, 6.07) is 5.94. The van der Waals surface area contributed by atoms with Gasteiger partial charge in [0.25, 0.3) is 0 Å². The second-order valence-electron chi connectivity index (χ2n) is 5.43. The molecule has 1 aromatic carbocycles. The first-order chi connectivity index (χ1) is 13.8. The van der Waals surface area contributed by atoms with E-state index >= 15 is 0 Å². The maximum Gasteiger partial charge on any atom is 0.345 e. The number of hydrogen-bond acceptors (Lipinski definition) is 9. The van der Waals surface area contributed by atoms with Gasteiger partial charge in [-0.05, 0) is 18.2 Å². The minimum atomic E-state index is -0.773. The topological polar surface area (TPSA) is 111 Å². The normalized spacial score (nSPS) is 10.6. The van der Waals surface area contributed by atoms with Crippen molar-refractivity contribution < 1.29 is 18.7 Å². The Bertz CT molecular complexity index is 1130. The number of rotatable bonds is 6. The molecule has 0 aliphatic heterocycles. The van der Waals surface area contributed by atoms with Gasteiger partial charge in [0.1, 0.15) is 12.0 Å². The average Bonchev–Trinajstić information content (AvgIpc) is 3.10. The Labute approximate surface area is 185 Å². The molecule has 2 heterocycles. The van der Waals surface area contributed by atoms with E-state index in [1.54, 1.807) is 6.07 Å². The zero-order chi connectivity index (χ0) is 21.0. The van der Waals surface area contributed by atoms with Gasteiger partial charge in [0.2, 0.25) is 22.2 Å². The lowest BCUT2D eigenvalue weighted by atomic mass is 10.2. The quantitative estimate of drug-likeness (QED) is 0.292. The van der Waals surface area contributed by atoms with Crippen LogP contribution in [0.5, 0.6) is 5.75 Å². The third-order valence-corrected chi connectivity index (χ3v) is 6.05. The van der Waals surface area contributed by atoms with Gasteiger partial charge in [0.05, 0.1) is 16.3 Å². The number of ether oxygens (including phenoxy) is 1. The number of carbonyl (C=O) groups is 2. The van der Waals surface area contributed by atoms with Crippen molar-refractivity contribution in [3.05, 3.63) is 61.6 Å². The van der Waals surface area contributed by atoms with Gasteiger partial charge < -0.3 is 14.5 Å². The van der Waals surface area contributed by atoms with Crippen LogP contribution < -0.4 is 15.5 Å². The Kier molecular flexibility index (Phi) is 7.06. The van der Waals surface area contributed by atoms with E-state index in [9.17, 15) is 14.4 Å². The van der Waals surface area contributed by atoms with Gasteiger partial charge in [0.15, 0.2) is 4.34 Å². The molecule has 3 rings (SSSR count). The largest absolute Gasteiger partial charge is 0.464 e. The van der Waals surface area contributed by atoms with Gasteiger partial charge >= 0.3 is 5.97 Å². The number of esters is 1. The molecular formula is C17H11BrClN3O5S2. The number of carbonyl (C=O) groups excluding carboxylic acids is 2. The van der Waals surface area contributed by atoms with E-state index in [2.05, 4.69) is 31.4 Å². The molecule has 8 nitrogen and oxygen atoms in total. The van der Waals surface area contributed by atoms with E-state index in [1.807, 2.05) is 0 Å². The number of halogens is 2. The summed E-state index contributed by atoms with van der Waals surface area (Å²) in [6.07, 6.45) is 1.07. The van der Waals surface area contributed by atoms with Crippen molar-refractivity contribution >= 4 is 67.6 Å². The smallest absolute Gasteiger partial charge is 0.345 e. The van der Waals surface area contributed by atoms with Crippen LogP contribution in [0.2, 0.25) is 5.02 Å². The molecule has 2 aromatic heterocycles. The van der Waals surface area contributed by atoms with Crippen LogP contribution in [0, 0.1) is 0 Å². The lowest BCUT2D eigenvalue weighted by Crippen LogP contribution is -2.15. The van der Waals surface area contributed by atoms with E-state index in [0.717, 1.165) is 6.26 Å². The van der Waals surface area contributed by atoms with Crippen LogP contribution in [-0.2, 0) is 10.5 Å². The van der Waals surface area contributed by atoms with Crippen molar-refractivity contribution in [2.75, 3.05) is 5.32 Å². The number of nitrogens with one attached hydrogen (secondary N) is 1. The molecule has 0 radical (unpaired) electrons. The van der Waals surface area contributed by atoms with Crippen molar-refractivity contribution in [1.82, 2.24) is 10.2 Å². The van der Waals surface area contributed by atoms with Crippen molar-refractivity contribution in [2.45, 2.75) is 17.0 Å².